The van der Waals surface area contributed by atoms with Gasteiger partial charge in [-0.3, -0.25) is 0 Å². The number of nitrogens with zero attached hydrogens (tertiary/aromatic N) is 1. The van der Waals surface area contributed by atoms with E-state index in [-0.39, 0.29) is 5.46 Å². The third-order valence-electron chi connectivity index (χ3n) is 1.15. The van der Waals surface area contributed by atoms with Crippen molar-refractivity contribution in [3.8, 4) is 0 Å². The molecule has 0 aliphatic carbocycles. The lowest BCUT2D eigenvalue weighted by Gasteiger charge is -2.01. The first-order chi connectivity index (χ1) is 5.13. The first kappa shape index (κ1) is 8.64. The van der Waals surface area contributed by atoms with E-state index in [0.717, 1.165) is 0 Å². The Hall–Kier alpha value is -0.455. The Labute approximate surface area is 71.2 Å². The van der Waals surface area contributed by atoms with E-state index >= 15 is 0 Å². The lowest BCUT2D eigenvalue weighted by Crippen LogP contribution is -2.34. The van der Waals surface area contributed by atoms with Gasteiger partial charge in [0, 0.05) is 10.7 Å². The number of hydrogen-bond donors (Lipinski definition) is 2. The summed E-state index contributed by atoms with van der Waals surface area (Å²) in [6.45, 7) is 0. The molecule has 0 radical (unpaired) electrons. The summed E-state index contributed by atoms with van der Waals surface area (Å²) in [4.78, 5) is 3.24. The molecule has 0 amide bonds. The van der Waals surface area contributed by atoms with Crippen molar-refractivity contribution >= 4 is 28.5 Å². The molecule has 58 valence electrons. The van der Waals surface area contributed by atoms with Crippen LogP contribution in [-0.2, 0) is 0 Å². The molecule has 3 nitrogen and oxygen atoms in total. The van der Waals surface area contributed by atoms with Crippen molar-refractivity contribution in [2.75, 3.05) is 0 Å². The second-order valence-corrected chi connectivity index (χ2v) is 2.73. The van der Waals surface area contributed by atoms with Gasteiger partial charge in [-0.25, -0.2) is 4.98 Å². The van der Waals surface area contributed by atoms with Gasteiger partial charge in [-0.05, 0) is 6.07 Å². The van der Waals surface area contributed by atoms with Gasteiger partial charge < -0.3 is 10.0 Å². The van der Waals surface area contributed by atoms with Crippen LogP contribution < -0.4 is 5.46 Å². The molecule has 1 aromatic rings. The third-order valence-corrected chi connectivity index (χ3v) is 1.84. The molecule has 0 aliphatic heterocycles. The smallest absolute Gasteiger partial charge is 0.423 e. The second-order valence-electron chi connectivity index (χ2n) is 1.87. The van der Waals surface area contributed by atoms with Gasteiger partial charge in [0.05, 0.1) is 5.46 Å². The Kier molecular flexibility index (Phi) is 2.59. The van der Waals surface area contributed by atoms with Crippen LogP contribution in [0.3, 0.4) is 0 Å². The van der Waals surface area contributed by atoms with Crippen LogP contribution in [0.25, 0.3) is 0 Å². The summed E-state index contributed by atoms with van der Waals surface area (Å²) in [5.41, 5.74) is -0.243. The summed E-state index contributed by atoms with van der Waals surface area (Å²) in [6, 6.07) is 1.43. The lowest BCUT2D eigenvalue weighted by molar-refractivity contribution is 0.421. The highest BCUT2D eigenvalue weighted by Crippen LogP contribution is 2.06. The maximum absolute atomic E-state index is 12.6. The number of aromatic nitrogens is 1. The van der Waals surface area contributed by atoms with E-state index in [1.54, 1.807) is 0 Å². The zero-order valence-corrected chi connectivity index (χ0v) is 6.92. The Balaban J connectivity index is 3.21. The second kappa shape index (κ2) is 3.29. The minimum absolute atomic E-state index is 0.243. The van der Waals surface area contributed by atoms with Crippen LogP contribution >= 0.6 is 15.9 Å². The Bertz CT molecular complexity index is 250. The minimum Gasteiger partial charge on any atom is -0.423 e. The highest BCUT2D eigenvalue weighted by atomic mass is 79.9. The molecule has 1 aromatic heterocycles. The zero-order chi connectivity index (χ0) is 8.43. The summed E-state index contributed by atoms with van der Waals surface area (Å²) in [5, 5.41) is 17.3. The molecular formula is C5H4BBrFNO2. The van der Waals surface area contributed by atoms with Gasteiger partial charge in [0.25, 0.3) is 0 Å². The first-order valence-electron chi connectivity index (χ1n) is 2.79. The molecule has 2 N–H and O–H groups in total. The van der Waals surface area contributed by atoms with Crippen molar-refractivity contribution in [2.24, 2.45) is 0 Å². The van der Waals surface area contributed by atoms with Crippen molar-refractivity contribution in [3.05, 3.63) is 22.7 Å². The standard InChI is InChI=1S/C5H4BBrFNO2/c7-3-1-2-9-5(8)4(3)6(10)11/h1-2,10-11H. The van der Waals surface area contributed by atoms with Crippen LogP contribution in [0.1, 0.15) is 0 Å². The fourth-order valence-electron chi connectivity index (χ4n) is 0.656. The van der Waals surface area contributed by atoms with Gasteiger partial charge in [0.1, 0.15) is 0 Å². The zero-order valence-electron chi connectivity index (χ0n) is 5.33. The molecule has 0 aromatic carbocycles. The van der Waals surface area contributed by atoms with Crippen molar-refractivity contribution < 1.29 is 14.4 Å². The van der Waals surface area contributed by atoms with E-state index < -0.39 is 13.1 Å². The molecule has 0 saturated heterocycles. The molecule has 6 heteroatoms. The molecule has 0 fully saturated rings. The Morgan fingerprint density at radius 2 is 2.18 bits per heavy atom. The Morgan fingerprint density at radius 1 is 1.55 bits per heavy atom. The highest BCUT2D eigenvalue weighted by Gasteiger charge is 2.20. The van der Waals surface area contributed by atoms with Gasteiger partial charge in [0.2, 0.25) is 5.95 Å². The third kappa shape index (κ3) is 1.77. The minimum atomic E-state index is -1.84. The van der Waals surface area contributed by atoms with Gasteiger partial charge >= 0.3 is 7.12 Å². The van der Waals surface area contributed by atoms with Gasteiger partial charge in [-0.2, -0.15) is 4.39 Å². The highest BCUT2D eigenvalue weighted by molar-refractivity contribution is 9.10. The number of pyridine rings is 1. The number of hydrogen-bond acceptors (Lipinski definition) is 3. The van der Waals surface area contributed by atoms with Gasteiger partial charge in [0.15, 0.2) is 0 Å². The van der Waals surface area contributed by atoms with E-state index in [2.05, 4.69) is 20.9 Å². The summed E-state index contributed by atoms with van der Waals surface area (Å²) in [7, 11) is -1.84. The quantitative estimate of drug-likeness (QED) is 0.502. The normalized spacial score (nSPS) is 9.82. The van der Waals surface area contributed by atoms with Crippen molar-refractivity contribution in [3.63, 3.8) is 0 Å². The summed E-state index contributed by atoms with van der Waals surface area (Å²) >= 11 is 2.95. The van der Waals surface area contributed by atoms with Crippen LogP contribution in [-0.4, -0.2) is 22.2 Å². The molecule has 0 atom stereocenters. The van der Waals surface area contributed by atoms with Crippen LogP contribution in [0.2, 0.25) is 0 Å². The van der Waals surface area contributed by atoms with Gasteiger partial charge in [-0.1, -0.05) is 15.9 Å². The monoisotopic (exact) mass is 219 g/mol. The number of rotatable bonds is 1. The van der Waals surface area contributed by atoms with E-state index in [1.165, 1.54) is 12.3 Å². The maximum atomic E-state index is 12.6. The Morgan fingerprint density at radius 3 is 2.55 bits per heavy atom. The molecule has 1 rings (SSSR count). The van der Waals surface area contributed by atoms with Crippen LogP contribution in [0, 0.1) is 5.95 Å². The molecule has 0 bridgehead atoms. The lowest BCUT2D eigenvalue weighted by atomic mass is 9.81. The molecule has 0 aliphatic rings. The SMILES string of the molecule is OB(O)c1c(Br)ccnc1F. The predicted octanol–water partition coefficient (Wildman–Crippen LogP) is -0.337. The molecule has 0 saturated carbocycles. The van der Waals surface area contributed by atoms with Crippen LogP contribution in [0.5, 0.6) is 0 Å². The van der Waals surface area contributed by atoms with E-state index in [9.17, 15) is 4.39 Å². The topological polar surface area (TPSA) is 53.4 Å². The fourth-order valence-corrected chi connectivity index (χ4v) is 1.14. The van der Waals surface area contributed by atoms with Crippen molar-refractivity contribution in [1.29, 1.82) is 0 Å². The molecule has 11 heavy (non-hydrogen) atoms. The van der Waals surface area contributed by atoms with Crippen molar-refractivity contribution in [1.82, 2.24) is 4.98 Å². The van der Waals surface area contributed by atoms with Crippen molar-refractivity contribution in [2.45, 2.75) is 0 Å². The van der Waals surface area contributed by atoms with Crippen LogP contribution in [0.4, 0.5) is 4.39 Å². The van der Waals surface area contributed by atoms with E-state index in [4.69, 9.17) is 10.0 Å². The molecule has 1 heterocycles. The summed E-state index contributed by atoms with van der Waals surface area (Å²) in [5.74, 6) is -0.880. The summed E-state index contributed by atoms with van der Waals surface area (Å²) in [6.07, 6.45) is 1.23. The average molecular weight is 220 g/mol. The fraction of sp³-hybridized carbons (Fsp3) is 0. The number of halogens is 2. The largest absolute Gasteiger partial charge is 0.494 e. The molecular weight excluding hydrogens is 216 g/mol. The average Bonchev–Trinajstić information content (AvgIpc) is 1.85. The van der Waals surface area contributed by atoms with E-state index in [0.29, 0.717) is 4.47 Å². The van der Waals surface area contributed by atoms with Gasteiger partial charge in [-0.15, -0.1) is 0 Å². The molecule has 0 unspecified atom stereocenters. The maximum Gasteiger partial charge on any atom is 0.494 e. The summed E-state index contributed by atoms with van der Waals surface area (Å²) < 4.78 is 12.9. The predicted molar refractivity (Wildman–Crippen MR) is 41.7 cm³/mol. The van der Waals surface area contributed by atoms with E-state index in [1.807, 2.05) is 0 Å². The first-order valence-corrected chi connectivity index (χ1v) is 3.58. The van der Waals surface area contributed by atoms with Crippen LogP contribution in [0.15, 0.2) is 16.7 Å². The molecule has 0 spiro atoms.